The maximum atomic E-state index is 13.1. The van der Waals surface area contributed by atoms with Gasteiger partial charge in [-0.05, 0) is 37.8 Å². The van der Waals surface area contributed by atoms with Crippen LogP contribution in [0.3, 0.4) is 0 Å². The zero-order valence-electron chi connectivity index (χ0n) is 22.8. The Balaban J connectivity index is 1.41. The number of likely N-dealkylation sites (N-methyl/N-ethyl adjacent to an activating group) is 1. The maximum absolute atomic E-state index is 13.1. The molecule has 0 bridgehead atoms. The van der Waals surface area contributed by atoms with Crippen LogP contribution in [0.2, 0.25) is 0 Å². The van der Waals surface area contributed by atoms with Crippen molar-refractivity contribution in [3.63, 3.8) is 0 Å². The van der Waals surface area contributed by atoms with Crippen molar-refractivity contribution in [3.8, 4) is 11.3 Å². The van der Waals surface area contributed by atoms with Gasteiger partial charge in [-0.1, -0.05) is 20.8 Å². The fraction of sp³-hybridized carbons (Fsp3) is 0.615. The van der Waals surface area contributed by atoms with Crippen molar-refractivity contribution in [1.82, 2.24) is 34.1 Å². The molecule has 2 aliphatic rings. The lowest BCUT2D eigenvalue weighted by atomic mass is 9.94. The van der Waals surface area contributed by atoms with Gasteiger partial charge in [0.05, 0.1) is 23.2 Å². The molecular weight excluding hydrogens is 502 g/mol. The predicted molar refractivity (Wildman–Crippen MR) is 151 cm³/mol. The van der Waals surface area contributed by atoms with Crippen molar-refractivity contribution in [2.45, 2.75) is 46.1 Å². The van der Waals surface area contributed by atoms with Gasteiger partial charge in [0.25, 0.3) is 0 Å². The van der Waals surface area contributed by atoms with Gasteiger partial charge in [0.2, 0.25) is 16.0 Å². The molecule has 2 fully saturated rings. The first kappa shape index (κ1) is 26.8. The number of piperazine rings is 1. The molecule has 1 atom stereocenters. The molecule has 12 heteroatoms. The molecule has 0 radical (unpaired) electrons. The van der Waals surface area contributed by atoms with Crippen LogP contribution in [0.25, 0.3) is 22.4 Å². The van der Waals surface area contributed by atoms with Gasteiger partial charge < -0.3 is 20.1 Å². The number of fused-ring (bicyclic) bond motifs is 1. The Bertz CT molecular complexity index is 1360. The number of nitrogens with one attached hydrogen (secondary N) is 2. The van der Waals surface area contributed by atoms with E-state index in [0.717, 1.165) is 55.7 Å². The van der Waals surface area contributed by atoms with E-state index in [-0.39, 0.29) is 17.2 Å². The van der Waals surface area contributed by atoms with Crippen LogP contribution in [0.1, 0.15) is 40.0 Å². The first-order valence-electron chi connectivity index (χ1n) is 13.4. The molecule has 0 spiro atoms. The smallest absolute Gasteiger partial charge is 0.227 e. The van der Waals surface area contributed by atoms with Gasteiger partial charge in [-0.25, -0.2) is 23.4 Å². The standard InChI is InChI=1S/C26H39N9O2S/c1-26(2,3)8-15-38(36,37)35-10-5-6-19(18-35)30-23-20(22-17-28-24-21(31-22)7-9-27-24)16-29-25(32-23)34-13-11-33(4)12-14-34/h7,9,16-17,19H,5-6,8,10-15,18H2,1-4H3,(H,27,28)(H,29,30,32)/t19-/m0/s1. The molecular formula is C26H39N9O2S. The van der Waals surface area contributed by atoms with Gasteiger partial charge in [0, 0.05) is 57.7 Å². The fourth-order valence-corrected chi connectivity index (χ4v) is 6.80. The number of sulfonamides is 1. The highest BCUT2D eigenvalue weighted by Crippen LogP contribution is 2.29. The highest BCUT2D eigenvalue weighted by molar-refractivity contribution is 7.89. The lowest BCUT2D eigenvalue weighted by Gasteiger charge is -2.34. The number of H-pyrrole nitrogens is 1. The van der Waals surface area contributed by atoms with E-state index < -0.39 is 10.0 Å². The number of anilines is 2. The fourth-order valence-electron chi connectivity index (χ4n) is 4.86. The van der Waals surface area contributed by atoms with Crippen LogP contribution in [0.15, 0.2) is 24.7 Å². The molecule has 2 aliphatic heterocycles. The summed E-state index contributed by atoms with van der Waals surface area (Å²) in [5.41, 5.74) is 2.89. The summed E-state index contributed by atoms with van der Waals surface area (Å²) in [7, 11) is -1.21. The Hall–Kier alpha value is -2.83. The van der Waals surface area contributed by atoms with E-state index in [1.54, 1.807) is 10.5 Å². The molecule has 38 heavy (non-hydrogen) atoms. The summed E-state index contributed by atoms with van der Waals surface area (Å²) in [5.74, 6) is 1.50. The topological polar surface area (TPSA) is 123 Å². The molecule has 11 nitrogen and oxygen atoms in total. The lowest BCUT2D eigenvalue weighted by molar-refractivity contribution is 0.311. The van der Waals surface area contributed by atoms with E-state index in [4.69, 9.17) is 15.0 Å². The third-order valence-corrected chi connectivity index (χ3v) is 9.17. The third-order valence-electron chi connectivity index (χ3n) is 7.33. The second-order valence-corrected chi connectivity index (χ2v) is 13.7. The van der Waals surface area contributed by atoms with Gasteiger partial charge in [0.1, 0.15) is 11.3 Å². The van der Waals surface area contributed by atoms with Gasteiger partial charge >= 0.3 is 0 Å². The van der Waals surface area contributed by atoms with Crippen molar-refractivity contribution in [2.75, 3.05) is 62.3 Å². The monoisotopic (exact) mass is 541 g/mol. The van der Waals surface area contributed by atoms with Crippen molar-refractivity contribution < 1.29 is 8.42 Å². The van der Waals surface area contributed by atoms with Gasteiger partial charge in [-0.15, -0.1) is 0 Å². The number of aromatic amines is 1. The summed E-state index contributed by atoms with van der Waals surface area (Å²) < 4.78 is 27.9. The van der Waals surface area contributed by atoms with Crippen LogP contribution in [0, 0.1) is 5.41 Å². The Morgan fingerprint density at radius 1 is 1.08 bits per heavy atom. The predicted octanol–water partition coefficient (Wildman–Crippen LogP) is 2.81. The average molecular weight is 542 g/mol. The number of hydrogen-bond donors (Lipinski definition) is 2. The second kappa shape index (κ2) is 10.7. The van der Waals surface area contributed by atoms with Gasteiger partial charge in [-0.2, -0.15) is 9.29 Å². The van der Waals surface area contributed by atoms with Gasteiger partial charge in [-0.3, -0.25) is 0 Å². The summed E-state index contributed by atoms with van der Waals surface area (Å²) >= 11 is 0. The van der Waals surface area contributed by atoms with Crippen LogP contribution in [-0.2, 0) is 10.0 Å². The van der Waals surface area contributed by atoms with E-state index in [9.17, 15) is 8.42 Å². The Kier molecular flexibility index (Phi) is 7.56. The first-order chi connectivity index (χ1) is 18.1. The molecule has 3 aromatic heterocycles. The van der Waals surface area contributed by atoms with Crippen molar-refractivity contribution in [3.05, 3.63) is 24.7 Å². The SMILES string of the molecule is CN1CCN(c2ncc(-c3cnc4[nH]ccc4n3)c(N[C@H]3CCCN(S(=O)(=O)CCC(C)(C)C)C3)n2)CC1. The lowest BCUT2D eigenvalue weighted by Crippen LogP contribution is -2.46. The molecule has 0 unspecified atom stereocenters. The number of nitrogens with zero attached hydrogens (tertiary/aromatic N) is 7. The van der Waals surface area contributed by atoms with Crippen LogP contribution in [-0.4, -0.2) is 101 Å². The summed E-state index contributed by atoms with van der Waals surface area (Å²) in [4.78, 5) is 26.5. The van der Waals surface area contributed by atoms with E-state index in [0.29, 0.717) is 37.0 Å². The number of rotatable bonds is 7. The van der Waals surface area contributed by atoms with E-state index in [2.05, 4.69) is 52.9 Å². The first-order valence-corrected chi connectivity index (χ1v) is 15.0. The quantitative estimate of drug-likeness (QED) is 0.465. The molecule has 0 aromatic carbocycles. The molecule has 0 saturated carbocycles. The van der Waals surface area contributed by atoms with Crippen LogP contribution < -0.4 is 10.2 Å². The molecule has 5 rings (SSSR count). The highest BCUT2D eigenvalue weighted by Gasteiger charge is 2.31. The van der Waals surface area contributed by atoms with Crippen LogP contribution >= 0.6 is 0 Å². The molecule has 5 heterocycles. The highest BCUT2D eigenvalue weighted by atomic mass is 32.2. The molecule has 2 N–H and O–H groups in total. The number of hydrogen-bond acceptors (Lipinski definition) is 9. The van der Waals surface area contributed by atoms with Crippen molar-refractivity contribution in [1.29, 1.82) is 0 Å². The largest absolute Gasteiger partial charge is 0.365 e. The average Bonchev–Trinajstić information content (AvgIpc) is 3.36. The molecule has 3 aromatic rings. The molecule has 0 aliphatic carbocycles. The molecule has 206 valence electrons. The van der Waals surface area contributed by atoms with E-state index in [1.807, 2.05) is 18.5 Å². The van der Waals surface area contributed by atoms with E-state index >= 15 is 0 Å². The van der Waals surface area contributed by atoms with Gasteiger partial charge in [0.15, 0.2) is 5.65 Å². The van der Waals surface area contributed by atoms with Crippen LogP contribution in [0.4, 0.5) is 11.8 Å². The molecule has 2 saturated heterocycles. The zero-order valence-corrected chi connectivity index (χ0v) is 23.6. The third kappa shape index (κ3) is 6.24. The summed E-state index contributed by atoms with van der Waals surface area (Å²) in [6, 6.07) is 1.82. The maximum Gasteiger partial charge on any atom is 0.227 e. The Morgan fingerprint density at radius 2 is 1.87 bits per heavy atom. The summed E-state index contributed by atoms with van der Waals surface area (Å²) in [6.45, 7) is 10.8. The number of aromatic nitrogens is 5. The van der Waals surface area contributed by atoms with E-state index in [1.165, 1.54) is 0 Å². The van der Waals surface area contributed by atoms with Crippen molar-refractivity contribution >= 4 is 33.0 Å². The zero-order chi connectivity index (χ0) is 26.9. The minimum atomic E-state index is -3.33. The van der Waals surface area contributed by atoms with Crippen LogP contribution in [0.5, 0.6) is 0 Å². The normalized spacial score (nSPS) is 20.2. The molecule has 0 amide bonds. The Morgan fingerprint density at radius 3 is 2.63 bits per heavy atom. The Labute approximate surface area is 225 Å². The minimum absolute atomic E-state index is 0.0301. The van der Waals surface area contributed by atoms with Crippen molar-refractivity contribution in [2.24, 2.45) is 5.41 Å². The summed E-state index contributed by atoms with van der Waals surface area (Å²) in [6.07, 6.45) is 7.65. The number of piperidine rings is 1. The minimum Gasteiger partial charge on any atom is -0.365 e. The summed E-state index contributed by atoms with van der Waals surface area (Å²) in [5, 5.41) is 3.58. The second-order valence-electron chi connectivity index (χ2n) is 11.7.